The second kappa shape index (κ2) is 4.26. The fourth-order valence-electron chi connectivity index (χ4n) is 1.86. The van der Waals surface area contributed by atoms with Crippen LogP contribution in [0.3, 0.4) is 0 Å². The first-order valence-corrected chi connectivity index (χ1v) is 6.48. The average Bonchev–Trinajstić information content (AvgIpc) is 2.65. The second-order valence-corrected chi connectivity index (χ2v) is 4.44. The van der Waals surface area contributed by atoms with Gasteiger partial charge in [0.25, 0.3) is 0 Å². The number of aryl methyl sites for hydroxylation is 2. The first-order valence-electron chi connectivity index (χ1n) is 5.25. The third-order valence-corrected chi connectivity index (χ3v) is 3.40. The molecule has 0 fully saturated rings. The number of rotatable bonds is 2. The maximum atomic E-state index is 9.10. The van der Waals surface area contributed by atoms with Gasteiger partial charge in [-0.15, -0.1) is 11.8 Å². The zero-order chi connectivity index (χ0) is 12.6. The van der Waals surface area contributed by atoms with Crippen LogP contribution in [0.4, 0.5) is 5.82 Å². The van der Waals surface area contributed by atoms with Crippen LogP contribution in [0.1, 0.15) is 23.7 Å². The Hall–Kier alpha value is -1.74. The molecule has 0 unspecified atom stereocenters. The Balaban J connectivity index is 2.91. The standard InChI is InChI=1S/C11H13N5S/c1-4-7-6(2)15-16-9(13)8(5-12)11(17-3)14-10(7)16/h4,13H2,1-3H3. The zero-order valence-corrected chi connectivity index (χ0v) is 10.8. The number of nitrogen functional groups attached to an aromatic ring is 1. The molecule has 0 aliphatic rings. The SMILES string of the molecule is CCc1c(C)nn2c(N)c(C#N)c(SC)nc12. The third kappa shape index (κ3) is 1.63. The molecule has 0 saturated heterocycles. The Morgan fingerprint density at radius 3 is 2.76 bits per heavy atom. The number of thioether (sulfide) groups is 1. The zero-order valence-electron chi connectivity index (χ0n) is 9.98. The summed E-state index contributed by atoms with van der Waals surface area (Å²) in [6.07, 6.45) is 2.73. The lowest BCUT2D eigenvalue weighted by atomic mass is 10.2. The van der Waals surface area contributed by atoms with Gasteiger partial charge in [-0.2, -0.15) is 14.9 Å². The van der Waals surface area contributed by atoms with Crippen molar-refractivity contribution in [3.8, 4) is 6.07 Å². The van der Waals surface area contributed by atoms with E-state index in [2.05, 4.69) is 23.1 Å². The van der Waals surface area contributed by atoms with E-state index in [9.17, 15) is 0 Å². The Labute approximate surface area is 104 Å². The number of nitrogens with two attached hydrogens (primary N) is 1. The number of fused-ring (bicyclic) bond motifs is 1. The molecule has 2 aromatic rings. The lowest BCUT2D eigenvalue weighted by Gasteiger charge is -2.05. The van der Waals surface area contributed by atoms with Crippen molar-refractivity contribution in [2.45, 2.75) is 25.3 Å². The van der Waals surface area contributed by atoms with Crippen LogP contribution in [0.15, 0.2) is 5.03 Å². The van der Waals surface area contributed by atoms with Crippen molar-refractivity contribution < 1.29 is 0 Å². The summed E-state index contributed by atoms with van der Waals surface area (Å²) in [7, 11) is 0. The number of hydrogen-bond donors (Lipinski definition) is 1. The van der Waals surface area contributed by atoms with E-state index < -0.39 is 0 Å². The van der Waals surface area contributed by atoms with E-state index in [-0.39, 0.29) is 0 Å². The van der Waals surface area contributed by atoms with Gasteiger partial charge in [-0.05, 0) is 19.6 Å². The van der Waals surface area contributed by atoms with Gasteiger partial charge in [0.2, 0.25) is 0 Å². The van der Waals surface area contributed by atoms with Gasteiger partial charge in [-0.1, -0.05) is 6.92 Å². The molecule has 0 aromatic carbocycles. The topological polar surface area (TPSA) is 80.0 Å². The van der Waals surface area contributed by atoms with Crippen molar-refractivity contribution in [3.63, 3.8) is 0 Å². The van der Waals surface area contributed by atoms with Gasteiger partial charge in [0.05, 0.1) is 5.69 Å². The molecule has 0 amide bonds. The largest absolute Gasteiger partial charge is 0.382 e. The molecule has 5 nitrogen and oxygen atoms in total. The maximum Gasteiger partial charge on any atom is 0.162 e. The number of nitriles is 1. The van der Waals surface area contributed by atoms with E-state index in [1.807, 2.05) is 13.2 Å². The van der Waals surface area contributed by atoms with Crippen molar-refractivity contribution in [1.29, 1.82) is 5.26 Å². The summed E-state index contributed by atoms with van der Waals surface area (Å²) < 4.78 is 1.56. The highest BCUT2D eigenvalue weighted by Crippen LogP contribution is 2.26. The highest BCUT2D eigenvalue weighted by molar-refractivity contribution is 7.98. The van der Waals surface area contributed by atoms with Crippen LogP contribution in [0.25, 0.3) is 5.65 Å². The second-order valence-electron chi connectivity index (χ2n) is 3.65. The summed E-state index contributed by atoms with van der Waals surface area (Å²) in [6, 6.07) is 2.08. The van der Waals surface area contributed by atoms with E-state index in [0.717, 1.165) is 23.3 Å². The first-order chi connectivity index (χ1) is 8.13. The quantitative estimate of drug-likeness (QED) is 0.646. The van der Waals surface area contributed by atoms with Crippen molar-refractivity contribution in [2.75, 3.05) is 12.0 Å². The van der Waals surface area contributed by atoms with Crippen LogP contribution in [0.5, 0.6) is 0 Å². The molecular formula is C11H13N5S. The van der Waals surface area contributed by atoms with E-state index in [4.69, 9.17) is 11.0 Å². The number of aromatic nitrogens is 3. The van der Waals surface area contributed by atoms with E-state index in [0.29, 0.717) is 16.4 Å². The van der Waals surface area contributed by atoms with Gasteiger partial charge in [0.1, 0.15) is 22.5 Å². The van der Waals surface area contributed by atoms with Crippen LogP contribution in [0, 0.1) is 18.3 Å². The molecule has 0 radical (unpaired) electrons. The van der Waals surface area contributed by atoms with Gasteiger partial charge < -0.3 is 5.73 Å². The molecule has 0 bridgehead atoms. The molecule has 2 heterocycles. The van der Waals surface area contributed by atoms with Crippen molar-refractivity contribution >= 4 is 23.2 Å². The Morgan fingerprint density at radius 2 is 2.24 bits per heavy atom. The molecule has 2 aromatic heterocycles. The van der Waals surface area contributed by atoms with Crippen LogP contribution in [-0.2, 0) is 6.42 Å². The Bertz CT molecular complexity index is 623. The molecule has 0 aliphatic heterocycles. The predicted molar refractivity (Wildman–Crippen MR) is 68.0 cm³/mol. The molecule has 0 atom stereocenters. The van der Waals surface area contributed by atoms with Crippen molar-refractivity contribution in [1.82, 2.24) is 14.6 Å². The minimum atomic E-state index is 0.365. The molecule has 88 valence electrons. The Morgan fingerprint density at radius 1 is 1.53 bits per heavy atom. The molecule has 2 rings (SSSR count). The van der Waals surface area contributed by atoms with Gasteiger partial charge in [0.15, 0.2) is 5.65 Å². The van der Waals surface area contributed by atoms with E-state index in [1.165, 1.54) is 11.8 Å². The lowest BCUT2D eigenvalue weighted by molar-refractivity contribution is 0.904. The van der Waals surface area contributed by atoms with Crippen molar-refractivity contribution in [2.24, 2.45) is 0 Å². The highest BCUT2D eigenvalue weighted by Gasteiger charge is 2.17. The number of anilines is 1. The molecule has 0 spiro atoms. The van der Waals surface area contributed by atoms with E-state index in [1.54, 1.807) is 4.52 Å². The van der Waals surface area contributed by atoms with Crippen LogP contribution >= 0.6 is 11.8 Å². The average molecular weight is 247 g/mol. The van der Waals surface area contributed by atoms with Gasteiger partial charge in [0, 0.05) is 5.56 Å². The minimum absolute atomic E-state index is 0.365. The smallest absolute Gasteiger partial charge is 0.162 e. The summed E-state index contributed by atoms with van der Waals surface area (Å²) >= 11 is 1.42. The summed E-state index contributed by atoms with van der Waals surface area (Å²) in [5.41, 5.74) is 9.11. The monoisotopic (exact) mass is 247 g/mol. The molecule has 0 saturated carbocycles. The van der Waals surface area contributed by atoms with Crippen LogP contribution < -0.4 is 5.73 Å². The normalized spacial score (nSPS) is 10.7. The van der Waals surface area contributed by atoms with Gasteiger partial charge in [-0.3, -0.25) is 0 Å². The predicted octanol–water partition coefficient (Wildman–Crippen LogP) is 1.78. The molecule has 2 N–H and O–H groups in total. The fourth-order valence-corrected chi connectivity index (χ4v) is 2.40. The van der Waals surface area contributed by atoms with Crippen LogP contribution in [-0.4, -0.2) is 20.9 Å². The van der Waals surface area contributed by atoms with Crippen molar-refractivity contribution in [3.05, 3.63) is 16.8 Å². The number of hydrogen-bond acceptors (Lipinski definition) is 5. The third-order valence-electron chi connectivity index (χ3n) is 2.72. The summed E-state index contributed by atoms with van der Waals surface area (Å²) in [4.78, 5) is 4.48. The van der Waals surface area contributed by atoms with Gasteiger partial charge in [-0.25, -0.2) is 4.98 Å². The lowest BCUT2D eigenvalue weighted by Crippen LogP contribution is -2.05. The van der Waals surface area contributed by atoms with Gasteiger partial charge >= 0.3 is 0 Å². The molecular weight excluding hydrogens is 234 g/mol. The fraction of sp³-hybridized carbons (Fsp3) is 0.364. The molecule has 0 aliphatic carbocycles. The maximum absolute atomic E-state index is 9.10. The minimum Gasteiger partial charge on any atom is -0.382 e. The summed E-state index contributed by atoms with van der Waals surface area (Å²) in [5.74, 6) is 0.365. The highest BCUT2D eigenvalue weighted by atomic mass is 32.2. The molecule has 6 heteroatoms. The number of nitrogens with zero attached hydrogens (tertiary/aromatic N) is 4. The van der Waals surface area contributed by atoms with E-state index >= 15 is 0 Å². The Kier molecular flexibility index (Phi) is 2.94. The molecule has 17 heavy (non-hydrogen) atoms. The first kappa shape index (κ1) is 11.7. The summed E-state index contributed by atoms with van der Waals surface area (Å²) in [6.45, 7) is 3.98. The van der Waals surface area contributed by atoms with Crippen LogP contribution in [0.2, 0.25) is 0 Å². The summed E-state index contributed by atoms with van der Waals surface area (Å²) in [5, 5.41) is 14.1.